The van der Waals surface area contributed by atoms with Gasteiger partial charge in [0.2, 0.25) is 0 Å². The Bertz CT molecular complexity index is 589. The van der Waals surface area contributed by atoms with Gasteiger partial charge in [0.15, 0.2) is 0 Å². The second-order valence-electron chi connectivity index (χ2n) is 4.50. The van der Waals surface area contributed by atoms with Crippen molar-refractivity contribution in [2.24, 2.45) is 5.84 Å². The number of pyridine rings is 1. The molecule has 0 saturated carbocycles. The molecule has 1 aromatic carbocycles. The molecule has 4 nitrogen and oxygen atoms in total. The number of nitrogens with two attached hydrogens (primary N) is 1. The number of aryl methyl sites for hydroxylation is 1. The SMILES string of the molecule is CCOc1cncc(C(NN)c2ccc(C)c(Br)c2)c1. The molecule has 1 unspecified atom stereocenters. The van der Waals surface area contributed by atoms with E-state index in [0.717, 1.165) is 21.3 Å². The van der Waals surface area contributed by atoms with E-state index in [1.807, 2.05) is 13.0 Å². The molecule has 0 aliphatic rings. The van der Waals surface area contributed by atoms with E-state index >= 15 is 0 Å². The van der Waals surface area contributed by atoms with Crippen molar-refractivity contribution in [3.05, 3.63) is 57.8 Å². The zero-order valence-electron chi connectivity index (χ0n) is 11.6. The summed E-state index contributed by atoms with van der Waals surface area (Å²) in [4.78, 5) is 4.21. The van der Waals surface area contributed by atoms with Crippen LogP contribution in [0.5, 0.6) is 5.75 Å². The number of hydrogen-bond donors (Lipinski definition) is 2. The van der Waals surface area contributed by atoms with Crippen molar-refractivity contribution in [2.45, 2.75) is 19.9 Å². The molecule has 5 heteroatoms. The average Bonchev–Trinajstić information content (AvgIpc) is 2.44. The molecule has 3 N–H and O–H groups in total. The first-order valence-electron chi connectivity index (χ1n) is 6.45. The van der Waals surface area contributed by atoms with E-state index in [0.29, 0.717) is 6.61 Å². The van der Waals surface area contributed by atoms with Gasteiger partial charge in [-0.25, -0.2) is 5.43 Å². The van der Waals surface area contributed by atoms with E-state index in [2.05, 4.69) is 51.5 Å². The van der Waals surface area contributed by atoms with Crippen LogP contribution < -0.4 is 16.0 Å². The maximum Gasteiger partial charge on any atom is 0.137 e. The van der Waals surface area contributed by atoms with Crippen LogP contribution in [0.15, 0.2) is 41.1 Å². The Morgan fingerprint density at radius 1 is 1.30 bits per heavy atom. The summed E-state index contributed by atoms with van der Waals surface area (Å²) < 4.78 is 6.54. The maximum atomic E-state index is 5.72. The van der Waals surface area contributed by atoms with Gasteiger partial charge in [0.1, 0.15) is 5.75 Å². The zero-order chi connectivity index (χ0) is 14.5. The third-order valence-corrected chi connectivity index (χ3v) is 3.93. The Kier molecular flexibility index (Phi) is 5.11. The van der Waals surface area contributed by atoms with Gasteiger partial charge in [-0.05, 0) is 42.7 Å². The molecule has 1 heterocycles. The summed E-state index contributed by atoms with van der Waals surface area (Å²) in [6, 6.07) is 8.00. The van der Waals surface area contributed by atoms with Gasteiger partial charge < -0.3 is 4.74 Å². The van der Waals surface area contributed by atoms with Crippen LogP contribution in [0, 0.1) is 6.92 Å². The molecule has 0 saturated heterocycles. The maximum absolute atomic E-state index is 5.72. The molecule has 0 aliphatic heterocycles. The standard InChI is InChI=1S/C15H18BrN3O/c1-3-20-13-6-12(8-18-9-13)15(19-17)11-5-4-10(2)14(16)7-11/h4-9,15,19H,3,17H2,1-2H3. The fourth-order valence-electron chi connectivity index (χ4n) is 2.01. The number of nitrogens with zero attached hydrogens (tertiary/aromatic N) is 1. The fourth-order valence-corrected chi connectivity index (χ4v) is 2.41. The quantitative estimate of drug-likeness (QED) is 0.651. The molecule has 0 bridgehead atoms. The topological polar surface area (TPSA) is 60.2 Å². The van der Waals surface area contributed by atoms with Crippen molar-refractivity contribution in [1.82, 2.24) is 10.4 Å². The van der Waals surface area contributed by atoms with Gasteiger partial charge >= 0.3 is 0 Å². The Hall–Kier alpha value is -1.43. The summed E-state index contributed by atoms with van der Waals surface area (Å²) in [5.41, 5.74) is 6.06. The lowest BCUT2D eigenvalue weighted by Crippen LogP contribution is -2.29. The molecule has 106 valence electrons. The number of hydrazine groups is 1. The van der Waals surface area contributed by atoms with E-state index in [1.54, 1.807) is 12.4 Å². The number of halogens is 1. The van der Waals surface area contributed by atoms with E-state index in [1.165, 1.54) is 5.56 Å². The third kappa shape index (κ3) is 3.36. The van der Waals surface area contributed by atoms with Crippen molar-refractivity contribution in [3.63, 3.8) is 0 Å². The number of hydrogen-bond acceptors (Lipinski definition) is 4. The largest absolute Gasteiger partial charge is 0.492 e. The van der Waals surface area contributed by atoms with Crippen LogP contribution in [0.1, 0.15) is 29.7 Å². The highest BCUT2D eigenvalue weighted by Gasteiger charge is 2.14. The van der Waals surface area contributed by atoms with Gasteiger partial charge in [0.05, 0.1) is 18.8 Å². The van der Waals surface area contributed by atoms with E-state index < -0.39 is 0 Å². The lowest BCUT2D eigenvalue weighted by atomic mass is 10.00. The number of rotatable bonds is 5. The molecule has 1 atom stereocenters. The summed E-state index contributed by atoms with van der Waals surface area (Å²) in [5, 5.41) is 0. The highest BCUT2D eigenvalue weighted by Crippen LogP contribution is 2.27. The van der Waals surface area contributed by atoms with Crippen LogP contribution >= 0.6 is 15.9 Å². The zero-order valence-corrected chi connectivity index (χ0v) is 13.1. The van der Waals surface area contributed by atoms with Gasteiger partial charge in [-0.3, -0.25) is 10.8 Å². The third-order valence-electron chi connectivity index (χ3n) is 3.07. The van der Waals surface area contributed by atoms with Gasteiger partial charge in [-0.1, -0.05) is 28.1 Å². The molecule has 2 aromatic rings. The van der Waals surface area contributed by atoms with Crippen LogP contribution in [0.2, 0.25) is 0 Å². The minimum Gasteiger partial charge on any atom is -0.492 e. The molecule has 0 radical (unpaired) electrons. The van der Waals surface area contributed by atoms with Gasteiger partial charge in [-0.2, -0.15) is 0 Å². The van der Waals surface area contributed by atoms with Crippen molar-refractivity contribution < 1.29 is 4.74 Å². The minimum atomic E-state index is -0.125. The van der Waals surface area contributed by atoms with Crippen molar-refractivity contribution in [1.29, 1.82) is 0 Å². The predicted octanol–water partition coefficient (Wildman–Crippen LogP) is 3.10. The van der Waals surface area contributed by atoms with Crippen LogP contribution in [0.4, 0.5) is 0 Å². The highest BCUT2D eigenvalue weighted by molar-refractivity contribution is 9.10. The lowest BCUT2D eigenvalue weighted by molar-refractivity contribution is 0.338. The van der Waals surface area contributed by atoms with E-state index in [4.69, 9.17) is 10.6 Å². The summed E-state index contributed by atoms with van der Waals surface area (Å²) in [5.74, 6) is 6.46. The fraction of sp³-hybridized carbons (Fsp3) is 0.267. The van der Waals surface area contributed by atoms with Crippen molar-refractivity contribution >= 4 is 15.9 Å². The Labute approximate surface area is 127 Å². The predicted molar refractivity (Wildman–Crippen MR) is 83.5 cm³/mol. The Balaban J connectivity index is 2.36. The summed E-state index contributed by atoms with van der Waals surface area (Å²) in [6.07, 6.45) is 3.49. The van der Waals surface area contributed by atoms with Crippen LogP contribution in [-0.2, 0) is 0 Å². The summed E-state index contributed by atoms with van der Waals surface area (Å²) in [6.45, 7) is 4.61. The van der Waals surface area contributed by atoms with Crippen LogP contribution in [-0.4, -0.2) is 11.6 Å². The Morgan fingerprint density at radius 3 is 2.75 bits per heavy atom. The molecule has 0 fully saturated rings. The molecule has 0 amide bonds. The smallest absolute Gasteiger partial charge is 0.137 e. The lowest BCUT2D eigenvalue weighted by Gasteiger charge is -2.18. The molecular weight excluding hydrogens is 318 g/mol. The molecule has 0 aliphatic carbocycles. The normalized spacial score (nSPS) is 12.2. The monoisotopic (exact) mass is 335 g/mol. The number of aromatic nitrogens is 1. The minimum absolute atomic E-state index is 0.125. The number of ether oxygens (including phenoxy) is 1. The molecule has 0 spiro atoms. The number of benzene rings is 1. The van der Waals surface area contributed by atoms with Crippen LogP contribution in [0.25, 0.3) is 0 Å². The molecule has 2 rings (SSSR count). The van der Waals surface area contributed by atoms with E-state index in [-0.39, 0.29) is 6.04 Å². The van der Waals surface area contributed by atoms with Gasteiger partial charge in [0.25, 0.3) is 0 Å². The second-order valence-corrected chi connectivity index (χ2v) is 5.35. The first-order chi connectivity index (χ1) is 9.65. The molecular formula is C15H18BrN3O. The first kappa shape index (κ1) is 15.0. The van der Waals surface area contributed by atoms with Gasteiger partial charge in [-0.15, -0.1) is 0 Å². The van der Waals surface area contributed by atoms with E-state index in [9.17, 15) is 0 Å². The van der Waals surface area contributed by atoms with Crippen LogP contribution in [0.3, 0.4) is 0 Å². The Morgan fingerprint density at radius 2 is 2.10 bits per heavy atom. The van der Waals surface area contributed by atoms with Crippen molar-refractivity contribution in [3.8, 4) is 5.75 Å². The second kappa shape index (κ2) is 6.83. The van der Waals surface area contributed by atoms with Crippen molar-refractivity contribution in [2.75, 3.05) is 6.61 Å². The number of nitrogens with one attached hydrogen (secondary N) is 1. The molecule has 20 heavy (non-hydrogen) atoms. The summed E-state index contributed by atoms with van der Waals surface area (Å²) in [7, 11) is 0. The average molecular weight is 336 g/mol. The molecule has 1 aromatic heterocycles. The van der Waals surface area contributed by atoms with Gasteiger partial charge in [0, 0.05) is 10.7 Å². The highest BCUT2D eigenvalue weighted by atomic mass is 79.9. The summed E-state index contributed by atoms with van der Waals surface area (Å²) >= 11 is 3.55. The first-order valence-corrected chi connectivity index (χ1v) is 7.25.